The van der Waals surface area contributed by atoms with E-state index in [9.17, 15) is 4.79 Å². The Morgan fingerprint density at radius 3 is 1.88 bits per heavy atom. The molecule has 0 aliphatic carbocycles. The molecule has 3 nitrogen and oxygen atoms in total. The number of hydrogen-bond acceptors (Lipinski definition) is 2. The van der Waals surface area contributed by atoms with Crippen LogP contribution in [0.25, 0.3) is 0 Å². The number of carbonyl (C=O) groups excluding carboxylic acids is 1. The van der Waals surface area contributed by atoms with Gasteiger partial charge in [0.05, 0.1) is 6.04 Å². The standard InChI is InChI=1S/C20H26N2O.ClH/c1-3-15(2)19(21)20(23)22-14-18(16-10-6-4-7-11-16)17-12-8-5-9-13-17;/h4-13,15,18-19H,3,14,21H2,1-2H3,(H,22,23);1H. The first kappa shape index (κ1) is 20.2. The van der Waals surface area contributed by atoms with Crippen molar-refractivity contribution in [2.75, 3.05) is 6.54 Å². The Morgan fingerprint density at radius 2 is 1.46 bits per heavy atom. The molecule has 24 heavy (non-hydrogen) atoms. The van der Waals surface area contributed by atoms with Crippen molar-refractivity contribution in [3.05, 3.63) is 71.8 Å². The Balaban J connectivity index is 0.00000288. The van der Waals surface area contributed by atoms with E-state index in [2.05, 4.69) is 36.5 Å². The van der Waals surface area contributed by atoms with Gasteiger partial charge in [0.25, 0.3) is 0 Å². The molecule has 0 aromatic heterocycles. The third-order valence-corrected chi connectivity index (χ3v) is 4.44. The van der Waals surface area contributed by atoms with E-state index in [0.29, 0.717) is 6.54 Å². The van der Waals surface area contributed by atoms with Crippen LogP contribution in [0.4, 0.5) is 0 Å². The van der Waals surface area contributed by atoms with Gasteiger partial charge in [0.1, 0.15) is 0 Å². The van der Waals surface area contributed by atoms with Crippen LogP contribution in [0.3, 0.4) is 0 Å². The lowest BCUT2D eigenvalue weighted by Crippen LogP contribution is -2.45. The second-order valence-corrected chi connectivity index (χ2v) is 6.03. The van der Waals surface area contributed by atoms with Crippen LogP contribution in [0, 0.1) is 5.92 Å². The minimum atomic E-state index is -0.452. The van der Waals surface area contributed by atoms with Gasteiger partial charge in [-0.15, -0.1) is 12.4 Å². The van der Waals surface area contributed by atoms with Crippen molar-refractivity contribution in [1.82, 2.24) is 5.32 Å². The summed E-state index contributed by atoms with van der Waals surface area (Å²) in [6.45, 7) is 4.61. The molecule has 2 aromatic rings. The van der Waals surface area contributed by atoms with Crippen molar-refractivity contribution in [3.8, 4) is 0 Å². The van der Waals surface area contributed by atoms with Crippen molar-refractivity contribution in [1.29, 1.82) is 0 Å². The van der Waals surface area contributed by atoms with Crippen molar-refractivity contribution in [3.63, 3.8) is 0 Å². The number of benzene rings is 2. The van der Waals surface area contributed by atoms with E-state index in [1.54, 1.807) is 0 Å². The lowest BCUT2D eigenvalue weighted by molar-refractivity contribution is -0.123. The van der Waals surface area contributed by atoms with Gasteiger partial charge in [-0.25, -0.2) is 0 Å². The number of carbonyl (C=O) groups is 1. The molecular formula is C20H27ClN2O. The molecule has 2 rings (SSSR count). The maximum absolute atomic E-state index is 12.3. The third kappa shape index (κ3) is 5.36. The zero-order valence-electron chi connectivity index (χ0n) is 14.3. The molecule has 2 atom stereocenters. The van der Waals surface area contributed by atoms with Crippen LogP contribution >= 0.6 is 12.4 Å². The topological polar surface area (TPSA) is 55.1 Å². The molecule has 0 spiro atoms. The SMILES string of the molecule is CCC(C)C(N)C(=O)NCC(c1ccccc1)c1ccccc1.Cl. The Hall–Kier alpha value is -1.84. The molecule has 130 valence electrons. The average Bonchev–Trinajstić information content (AvgIpc) is 2.62. The molecule has 0 radical (unpaired) electrons. The van der Waals surface area contributed by atoms with Crippen LogP contribution in [0.1, 0.15) is 37.3 Å². The van der Waals surface area contributed by atoms with E-state index in [1.807, 2.05) is 43.3 Å². The van der Waals surface area contributed by atoms with Crippen molar-refractivity contribution >= 4 is 18.3 Å². The zero-order valence-corrected chi connectivity index (χ0v) is 15.1. The van der Waals surface area contributed by atoms with Gasteiger partial charge in [-0.3, -0.25) is 4.79 Å². The summed E-state index contributed by atoms with van der Waals surface area (Å²) in [5.74, 6) is 0.239. The number of amides is 1. The van der Waals surface area contributed by atoms with Crippen molar-refractivity contribution in [2.45, 2.75) is 32.2 Å². The fourth-order valence-electron chi connectivity index (χ4n) is 2.63. The van der Waals surface area contributed by atoms with Crippen LogP contribution in [0.5, 0.6) is 0 Å². The quantitative estimate of drug-likeness (QED) is 0.802. The highest BCUT2D eigenvalue weighted by Gasteiger charge is 2.21. The second kappa shape index (κ2) is 10.1. The van der Waals surface area contributed by atoms with E-state index in [0.717, 1.165) is 6.42 Å². The minimum Gasteiger partial charge on any atom is -0.354 e. The summed E-state index contributed by atoms with van der Waals surface area (Å²) in [6.07, 6.45) is 0.898. The molecule has 2 aromatic carbocycles. The van der Waals surface area contributed by atoms with Gasteiger partial charge >= 0.3 is 0 Å². The monoisotopic (exact) mass is 346 g/mol. The van der Waals surface area contributed by atoms with Crippen LogP contribution in [-0.4, -0.2) is 18.5 Å². The maximum Gasteiger partial charge on any atom is 0.237 e. The van der Waals surface area contributed by atoms with Gasteiger partial charge in [-0.05, 0) is 17.0 Å². The highest BCUT2D eigenvalue weighted by Crippen LogP contribution is 2.23. The molecule has 0 aliphatic rings. The Labute approximate surface area is 151 Å². The highest BCUT2D eigenvalue weighted by atomic mass is 35.5. The van der Waals surface area contributed by atoms with Gasteiger partial charge in [-0.1, -0.05) is 80.9 Å². The predicted octanol–water partition coefficient (Wildman–Crippen LogP) is 3.73. The molecule has 0 fully saturated rings. The average molecular weight is 347 g/mol. The number of hydrogen-bond donors (Lipinski definition) is 2. The first-order valence-electron chi connectivity index (χ1n) is 8.26. The summed E-state index contributed by atoms with van der Waals surface area (Å²) in [6, 6.07) is 20.0. The minimum absolute atomic E-state index is 0. The van der Waals surface area contributed by atoms with Crippen molar-refractivity contribution in [2.24, 2.45) is 11.7 Å². The zero-order chi connectivity index (χ0) is 16.7. The van der Waals surface area contributed by atoms with Gasteiger partial charge in [0, 0.05) is 12.5 Å². The van der Waals surface area contributed by atoms with Crippen LogP contribution < -0.4 is 11.1 Å². The predicted molar refractivity (Wildman–Crippen MR) is 102 cm³/mol. The Bertz CT molecular complexity index is 564. The fourth-order valence-corrected chi connectivity index (χ4v) is 2.63. The first-order valence-corrected chi connectivity index (χ1v) is 8.26. The molecule has 0 bridgehead atoms. The summed E-state index contributed by atoms with van der Waals surface area (Å²) < 4.78 is 0. The molecular weight excluding hydrogens is 320 g/mol. The maximum atomic E-state index is 12.3. The van der Waals surface area contributed by atoms with E-state index in [1.165, 1.54) is 11.1 Å². The molecule has 0 saturated heterocycles. The molecule has 2 unspecified atom stereocenters. The molecule has 0 saturated carbocycles. The van der Waals surface area contributed by atoms with E-state index < -0.39 is 6.04 Å². The number of nitrogens with two attached hydrogens (primary N) is 1. The van der Waals surface area contributed by atoms with E-state index >= 15 is 0 Å². The lowest BCUT2D eigenvalue weighted by Gasteiger charge is -2.22. The smallest absolute Gasteiger partial charge is 0.237 e. The molecule has 3 N–H and O–H groups in total. The van der Waals surface area contributed by atoms with Crippen molar-refractivity contribution < 1.29 is 4.79 Å². The summed E-state index contributed by atoms with van der Waals surface area (Å²) in [4.78, 5) is 12.3. The number of rotatable bonds is 7. The Kier molecular flexibility index (Phi) is 8.51. The van der Waals surface area contributed by atoms with E-state index in [4.69, 9.17) is 5.73 Å². The number of nitrogens with one attached hydrogen (secondary N) is 1. The Morgan fingerprint density at radius 1 is 1.00 bits per heavy atom. The van der Waals surface area contributed by atoms with Crippen LogP contribution in [0.2, 0.25) is 0 Å². The van der Waals surface area contributed by atoms with Gasteiger partial charge in [0.15, 0.2) is 0 Å². The first-order chi connectivity index (χ1) is 11.1. The molecule has 0 heterocycles. The summed E-state index contributed by atoms with van der Waals surface area (Å²) in [7, 11) is 0. The number of halogens is 1. The van der Waals surface area contributed by atoms with Crippen LogP contribution in [-0.2, 0) is 4.79 Å². The van der Waals surface area contributed by atoms with Gasteiger partial charge in [-0.2, -0.15) is 0 Å². The van der Waals surface area contributed by atoms with Gasteiger partial charge < -0.3 is 11.1 Å². The largest absolute Gasteiger partial charge is 0.354 e. The summed E-state index contributed by atoms with van der Waals surface area (Å²) in [5.41, 5.74) is 8.40. The normalized spacial score (nSPS) is 13.0. The molecule has 4 heteroatoms. The fraction of sp³-hybridized carbons (Fsp3) is 0.350. The van der Waals surface area contributed by atoms with Crippen LogP contribution in [0.15, 0.2) is 60.7 Å². The molecule has 0 aliphatic heterocycles. The summed E-state index contributed by atoms with van der Waals surface area (Å²) >= 11 is 0. The summed E-state index contributed by atoms with van der Waals surface area (Å²) in [5, 5.41) is 3.03. The molecule has 1 amide bonds. The lowest BCUT2D eigenvalue weighted by atomic mass is 9.91. The third-order valence-electron chi connectivity index (χ3n) is 4.44. The van der Waals surface area contributed by atoms with Gasteiger partial charge in [0.2, 0.25) is 5.91 Å². The van der Waals surface area contributed by atoms with E-state index in [-0.39, 0.29) is 30.2 Å². The second-order valence-electron chi connectivity index (χ2n) is 6.03. The highest BCUT2D eigenvalue weighted by molar-refractivity contribution is 5.85.